The Morgan fingerprint density at radius 3 is 2.88 bits per heavy atom. The number of H-pyrrole nitrogens is 1. The van der Waals surface area contributed by atoms with Crippen LogP contribution in [0, 0.1) is 6.92 Å². The molecule has 0 aliphatic carbocycles. The number of ether oxygens (including phenoxy) is 1. The smallest absolute Gasteiger partial charge is 0.251 e. The first-order valence-electron chi connectivity index (χ1n) is 10.3. The molecule has 10 heteroatoms. The normalized spacial score (nSPS) is 18.1. The number of hydrogen-bond donors (Lipinski definition) is 2. The molecule has 1 saturated heterocycles. The quantitative estimate of drug-likeness (QED) is 0.572. The summed E-state index contributed by atoms with van der Waals surface area (Å²) in [4.78, 5) is 20.8. The highest BCUT2D eigenvalue weighted by Gasteiger charge is 2.25. The molecule has 1 aliphatic rings. The Bertz CT molecular complexity index is 1170. The number of anilines is 1. The van der Waals surface area contributed by atoms with Crippen molar-refractivity contribution >= 4 is 45.4 Å². The lowest BCUT2D eigenvalue weighted by Gasteiger charge is -2.33. The van der Waals surface area contributed by atoms with Crippen LogP contribution in [0.25, 0.3) is 11.0 Å². The lowest BCUT2D eigenvalue weighted by atomic mass is 10.1. The van der Waals surface area contributed by atoms with Crippen LogP contribution in [0.15, 0.2) is 36.4 Å². The van der Waals surface area contributed by atoms with E-state index in [1.165, 1.54) is 0 Å². The highest BCUT2D eigenvalue weighted by molar-refractivity contribution is 7.84. The number of halogens is 1. The van der Waals surface area contributed by atoms with Crippen LogP contribution >= 0.6 is 11.6 Å². The van der Waals surface area contributed by atoms with Crippen LogP contribution in [0.2, 0.25) is 5.02 Å². The Morgan fingerprint density at radius 2 is 2.12 bits per heavy atom. The van der Waals surface area contributed by atoms with E-state index in [2.05, 4.69) is 15.3 Å². The van der Waals surface area contributed by atoms with Crippen LogP contribution in [0.1, 0.15) is 34.2 Å². The van der Waals surface area contributed by atoms with E-state index >= 15 is 0 Å². The Balaban J connectivity index is 1.54. The molecule has 170 valence electrons. The molecule has 0 radical (unpaired) electrons. The zero-order valence-electron chi connectivity index (χ0n) is 18.2. The molecule has 1 aliphatic heterocycles. The van der Waals surface area contributed by atoms with Crippen LogP contribution in [0.4, 0.5) is 5.69 Å². The van der Waals surface area contributed by atoms with Gasteiger partial charge in [-0.2, -0.15) is 0 Å². The van der Waals surface area contributed by atoms with Crippen LogP contribution in [-0.2, 0) is 15.9 Å². The lowest BCUT2D eigenvalue weighted by Crippen LogP contribution is -2.43. The fourth-order valence-corrected chi connectivity index (χ4v) is 5.26. The van der Waals surface area contributed by atoms with Crippen LogP contribution in [0.3, 0.4) is 0 Å². The zero-order chi connectivity index (χ0) is 22.8. The number of nitrogens with one attached hydrogen (secondary N) is 2. The largest absolute Gasteiger partial charge is 0.382 e. The Morgan fingerprint density at radius 1 is 1.31 bits per heavy atom. The van der Waals surface area contributed by atoms with Gasteiger partial charge in [0.2, 0.25) is 0 Å². The third-order valence-corrected chi connectivity index (χ3v) is 7.16. The van der Waals surface area contributed by atoms with Crippen LogP contribution < -0.4 is 9.62 Å². The van der Waals surface area contributed by atoms with Gasteiger partial charge in [-0.05, 0) is 55.3 Å². The van der Waals surface area contributed by atoms with E-state index in [0.717, 1.165) is 41.8 Å². The summed E-state index contributed by atoms with van der Waals surface area (Å²) in [6.45, 7) is 3.70. The number of imidazole rings is 1. The highest BCUT2D eigenvalue weighted by atomic mass is 35.5. The van der Waals surface area contributed by atoms with Crippen molar-refractivity contribution in [1.82, 2.24) is 19.6 Å². The maximum absolute atomic E-state index is 13.0. The van der Waals surface area contributed by atoms with Crippen molar-refractivity contribution in [2.45, 2.75) is 19.4 Å². The predicted molar refractivity (Wildman–Crippen MR) is 127 cm³/mol. The number of amides is 1. The molecule has 2 heterocycles. The second kappa shape index (κ2) is 9.58. The Labute approximate surface area is 194 Å². The molecule has 1 unspecified atom stereocenters. The average molecular weight is 476 g/mol. The van der Waals surface area contributed by atoms with Crippen molar-refractivity contribution in [3.63, 3.8) is 0 Å². The molecule has 1 amide bonds. The van der Waals surface area contributed by atoms with Crippen molar-refractivity contribution in [3.8, 4) is 0 Å². The van der Waals surface area contributed by atoms with Crippen LogP contribution in [-0.4, -0.2) is 58.2 Å². The summed E-state index contributed by atoms with van der Waals surface area (Å²) >= 11 is 4.85. The first-order valence-corrected chi connectivity index (χ1v) is 11.8. The van der Waals surface area contributed by atoms with Gasteiger partial charge in [0.15, 0.2) is 11.2 Å². The van der Waals surface area contributed by atoms with Gasteiger partial charge in [0.05, 0.1) is 23.3 Å². The van der Waals surface area contributed by atoms with Crippen molar-refractivity contribution < 1.29 is 13.7 Å². The number of aromatic nitrogens is 2. The first-order chi connectivity index (χ1) is 15.4. The van der Waals surface area contributed by atoms with Gasteiger partial charge in [0, 0.05) is 37.8 Å². The molecule has 4 rings (SSSR count). The second-order valence-corrected chi connectivity index (χ2v) is 9.77. The van der Waals surface area contributed by atoms with Gasteiger partial charge in [0.1, 0.15) is 11.9 Å². The zero-order valence-corrected chi connectivity index (χ0v) is 19.8. The number of aryl methyl sites for hydroxylation is 1. The summed E-state index contributed by atoms with van der Waals surface area (Å²) in [5, 5.41) is 3.60. The van der Waals surface area contributed by atoms with Crippen molar-refractivity contribution in [3.05, 3.63) is 58.4 Å². The van der Waals surface area contributed by atoms with Gasteiger partial charge in [0.25, 0.3) is 5.91 Å². The lowest BCUT2D eigenvalue weighted by molar-refractivity contribution is 0.0892. The molecular formula is C22H26ClN5O3S. The van der Waals surface area contributed by atoms with Crippen molar-refractivity contribution in [2.24, 2.45) is 0 Å². The summed E-state index contributed by atoms with van der Waals surface area (Å²) < 4.78 is 21.6. The summed E-state index contributed by atoms with van der Waals surface area (Å²) in [6, 6.07) is 10.4. The van der Waals surface area contributed by atoms with Gasteiger partial charge in [-0.1, -0.05) is 11.6 Å². The first kappa shape index (κ1) is 22.7. The van der Waals surface area contributed by atoms with Gasteiger partial charge in [-0.25, -0.2) is 13.5 Å². The van der Waals surface area contributed by atoms with E-state index in [-0.39, 0.29) is 12.5 Å². The SMILES string of the molecule is COC[C@H](NC(=O)c1ccc(N2CCCN(C)S2=O)c(C)c1)c1nc2ccc(Cl)cc2[nH]1. The van der Waals surface area contributed by atoms with E-state index in [0.29, 0.717) is 16.4 Å². The van der Waals surface area contributed by atoms with E-state index < -0.39 is 17.2 Å². The Hall–Kier alpha value is -2.46. The molecule has 2 N–H and O–H groups in total. The third-order valence-electron chi connectivity index (χ3n) is 5.45. The summed E-state index contributed by atoms with van der Waals surface area (Å²) in [6.07, 6.45) is 0.936. The molecule has 2 atom stereocenters. The molecule has 3 aromatic rings. The van der Waals surface area contributed by atoms with E-state index in [1.807, 2.05) is 40.8 Å². The number of hydrogen-bond acceptors (Lipinski definition) is 4. The number of nitrogens with zero attached hydrogens (tertiary/aromatic N) is 3. The van der Waals surface area contributed by atoms with Gasteiger partial charge < -0.3 is 15.0 Å². The molecule has 0 spiro atoms. The van der Waals surface area contributed by atoms with Gasteiger partial charge >= 0.3 is 0 Å². The number of benzene rings is 2. The number of methoxy groups -OCH3 is 1. The number of carbonyl (C=O) groups is 1. The highest BCUT2D eigenvalue weighted by Crippen LogP contribution is 2.26. The summed E-state index contributed by atoms with van der Waals surface area (Å²) in [5.41, 5.74) is 3.83. The molecule has 1 fully saturated rings. The van der Waals surface area contributed by atoms with Gasteiger partial charge in [-0.3, -0.25) is 9.10 Å². The fourth-order valence-electron chi connectivity index (χ4n) is 3.81. The van der Waals surface area contributed by atoms with Crippen molar-refractivity contribution in [2.75, 3.05) is 38.2 Å². The number of carbonyl (C=O) groups excluding carboxylic acids is 1. The standard InChI is InChI=1S/C22H26ClN5O3S/c1-14-11-15(5-8-20(14)28-10-4-9-27(2)32(28)30)22(29)26-19(13-31-3)21-24-17-7-6-16(23)12-18(17)25-21/h5-8,11-12,19H,4,9-10,13H2,1-3H3,(H,24,25)(H,26,29)/t19-,32?/m0/s1. The number of aromatic amines is 1. The minimum Gasteiger partial charge on any atom is -0.382 e. The van der Waals surface area contributed by atoms with E-state index in [9.17, 15) is 9.00 Å². The predicted octanol–water partition coefficient (Wildman–Crippen LogP) is 3.36. The fraction of sp³-hybridized carbons (Fsp3) is 0.364. The van der Waals surface area contributed by atoms with E-state index in [4.69, 9.17) is 16.3 Å². The molecule has 8 nitrogen and oxygen atoms in total. The third kappa shape index (κ3) is 4.66. The minimum absolute atomic E-state index is 0.239. The molecule has 0 bridgehead atoms. The van der Waals surface area contributed by atoms with Crippen LogP contribution in [0.5, 0.6) is 0 Å². The van der Waals surface area contributed by atoms with Gasteiger partial charge in [-0.15, -0.1) is 0 Å². The minimum atomic E-state index is -1.22. The summed E-state index contributed by atoms with van der Waals surface area (Å²) in [5.74, 6) is 0.356. The maximum Gasteiger partial charge on any atom is 0.251 e. The topological polar surface area (TPSA) is 90.6 Å². The average Bonchev–Trinajstić information content (AvgIpc) is 3.18. The number of rotatable bonds is 6. The summed E-state index contributed by atoms with van der Waals surface area (Å²) in [7, 11) is 3.43. The molecule has 1 aromatic heterocycles. The second-order valence-electron chi connectivity index (χ2n) is 7.80. The maximum atomic E-state index is 13.0. The molecule has 0 saturated carbocycles. The van der Waals surface area contributed by atoms with Crippen molar-refractivity contribution in [1.29, 1.82) is 0 Å². The van der Waals surface area contributed by atoms with E-state index in [1.54, 1.807) is 25.3 Å². The monoisotopic (exact) mass is 475 g/mol. The molecular weight excluding hydrogens is 450 g/mol. The molecule has 2 aromatic carbocycles. The Kier molecular flexibility index (Phi) is 6.80. The number of fused-ring (bicyclic) bond motifs is 1. The molecule has 32 heavy (non-hydrogen) atoms.